The minimum absolute atomic E-state index is 0.0625. The second-order valence-electron chi connectivity index (χ2n) is 19.4. The first-order valence-electron chi connectivity index (χ1n) is 24.4. The summed E-state index contributed by atoms with van der Waals surface area (Å²) in [5, 5.41) is 5.82. The van der Waals surface area contributed by atoms with Crippen LogP contribution in [0.1, 0.15) is 59.5 Å². The van der Waals surface area contributed by atoms with Crippen LogP contribution in [-0.2, 0) is 10.8 Å². The molecule has 302 valence electrons. The average Bonchev–Trinajstić information content (AvgIpc) is 3.99. The van der Waals surface area contributed by atoms with E-state index >= 15 is 0 Å². The van der Waals surface area contributed by atoms with Gasteiger partial charge in [-0.15, -0.1) is 11.3 Å². The Kier molecular flexibility index (Phi) is 6.53. The zero-order valence-electron chi connectivity index (χ0n) is 41.1. The van der Waals surface area contributed by atoms with Crippen LogP contribution in [0, 0.1) is 0 Å². The predicted molar refractivity (Wildman–Crippen MR) is 273 cm³/mol. The average molecular weight is 833 g/mol. The normalized spacial score (nSPS) is 14.6. The second kappa shape index (κ2) is 12.9. The van der Waals surface area contributed by atoms with E-state index in [1.165, 1.54) is 42.2 Å². The van der Waals surface area contributed by atoms with Gasteiger partial charge in [-0.1, -0.05) is 151 Å². The molecule has 0 saturated carbocycles. The second-order valence-corrected chi connectivity index (χ2v) is 20.5. The third-order valence-electron chi connectivity index (χ3n) is 13.7. The Balaban J connectivity index is 1.26. The summed E-state index contributed by atoms with van der Waals surface area (Å²) in [6, 6.07) is 49.1. The summed E-state index contributed by atoms with van der Waals surface area (Å²) in [5.74, 6) is 0. The molecule has 11 aromatic rings. The highest BCUT2D eigenvalue weighted by molar-refractivity contribution is 7.33. The maximum atomic E-state index is 9.36. The Labute approximate surface area is 379 Å². The molecule has 0 radical (unpaired) electrons. The fraction of sp³-hybridized carbons (Fsp3) is 0.138. The van der Waals surface area contributed by atoms with Crippen LogP contribution in [0.3, 0.4) is 0 Å². The Hall–Kier alpha value is -6.82. The minimum Gasteiger partial charge on any atom is -0.310 e. The molecule has 13 rings (SSSR count). The number of para-hydroxylation sites is 3. The van der Waals surface area contributed by atoms with E-state index in [0.717, 1.165) is 66.7 Å². The molecule has 8 aromatic carbocycles. The molecule has 0 saturated heterocycles. The van der Waals surface area contributed by atoms with Gasteiger partial charge in [0.15, 0.2) is 0 Å². The summed E-state index contributed by atoms with van der Waals surface area (Å²) in [6.45, 7) is 13.3. The lowest BCUT2D eigenvalue weighted by Gasteiger charge is -2.39. The van der Waals surface area contributed by atoms with Crippen LogP contribution in [0.15, 0.2) is 170 Å². The number of nitrogens with zero attached hydrogens (tertiary/aromatic N) is 3. The molecule has 3 aromatic heterocycles. The zero-order valence-corrected chi connectivity index (χ0v) is 36.9. The van der Waals surface area contributed by atoms with E-state index in [2.05, 4.69) is 195 Å². The first kappa shape index (κ1) is 31.9. The van der Waals surface area contributed by atoms with Gasteiger partial charge >= 0.3 is 0 Å². The molecule has 5 heteroatoms. The van der Waals surface area contributed by atoms with E-state index in [0.29, 0.717) is 5.56 Å². The van der Waals surface area contributed by atoms with Gasteiger partial charge in [0, 0.05) is 59.2 Å². The minimum atomic E-state index is -0.405. The molecule has 2 aliphatic rings. The van der Waals surface area contributed by atoms with Gasteiger partial charge in [-0.05, 0) is 105 Å². The largest absolute Gasteiger partial charge is 0.310 e. The third kappa shape index (κ3) is 5.14. The molecule has 5 heterocycles. The van der Waals surface area contributed by atoms with Gasteiger partial charge in [-0.25, -0.2) is 0 Å². The molecule has 2 aliphatic heterocycles. The van der Waals surface area contributed by atoms with E-state index in [-0.39, 0.29) is 47.3 Å². The Morgan fingerprint density at radius 3 is 1.90 bits per heavy atom. The van der Waals surface area contributed by atoms with Crippen LogP contribution in [0.5, 0.6) is 0 Å². The van der Waals surface area contributed by atoms with Crippen LogP contribution >= 0.6 is 11.3 Å². The van der Waals surface area contributed by atoms with Crippen LogP contribution in [0.2, 0.25) is 0 Å². The molecule has 0 spiro atoms. The van der Waals surface area contributed by atoms with Gasteiger partial charge in [0.05, 0.1) is 34.6 Å². The molecule has 63 heavy (non-hydrogen) atoms. The van der Waals surface area contributed by atoms with E-state index in [1.54, 1.807) is 0 Å². The van der Waals surface area contributed by atoms with Crippen molar-refractivity contribution in [2.45, 2.75) is 52.4 Å². The Morgan fingerprint density at radius 2 is 1.17 bits per heavy atom. The predicted octanol–water partition coefficient (Wildman–Crippen LogP) is 14.0. The van der Waals surface area contributed by atoms with Gasteiger partial charge < -0.3 is 14.0 Å². The number of rotatable bonds is 3. The van der Waals surface area contributed by atoms with Gasteiger partial charge in [0.25, 0.3) is 6.71 Å². The number of aromatic nitrogens is 2. The lowest BCUT2D eigenvalue weighted by Crippen LogP contribution is -2.59. The van der Waals surface area contributed by atoms with E-state index in [4.69, 9.17) is 4.11 Å². The van der Waals surface area contributed by atoms with Crippen LogP contribution in [0.25, 0.3) is 76.2 Å². The molecule has 0 fully saturated rings. The SMILES string of the molecule is [2H]c1c([2H])c([2H])c(-c2cc3c4c(c2)-n2c5ccccc5c5c2c(cc2c6ccccc6n(-c6ccccc6)c25)B4c2sc4ccc(C(C)(C)C)cc4c2N3c2ccc(C(C)(C)C)cc2)c([2H])c1[2H]. The van der Waals surface area contributed by atoms with Crippen LogP contribution in [-0.4, -0.2) is 15.8 Å². The van der Waals surface area contributed by atoms with Gasteiger partial charge in [0.1, 0.15) is 0 Å². The summed E-state index contributed by atoms with van der Waals surface area (Å²) in [5.41, 5.74) is 14.9. The summed E-state index contributed by atoms with van der Waals surface area (Å²) in [6.07, 6.45) is 0. The van der Waals surface area contributed by atoms with Crippen molar-refractivity contribution in [1.82, 2.24) is 9.13 Å². The van der Waals surface area contributed by atoms with Crippen molar-refractivity contribution in [3.8, 4) is 22.5 Å². The number of benzene rings is 8. The van der Waals surface area contributed by atoms with Gasteiger partial charge in [-0.2, -0.15) is 0 Å². The highest BCUT2D eigenvalue weighted by Crippen LogP contribution is 2.50. The molecule has 0 amide bonds. The Morgan fingerprint density at radius 1 is 0.524 bits per heavy atom. The van der Waals surface area contributed by atoms with Crippen molar-refractivity contribution in [3.63, 3.8) is 0 Å². The number of hydrogen-bond acceptors (Lipinski definition) is 2. The molecule has 0 unspecified atom stereocenters. The van der Waals surface area contributed by atoms with Crippen molar-refractivity contribution in [1.29, 1.82) is 0 Å². The van der Waals surface area contributed by atoms with Gasteiger partial charge in [-0.3, -0.25) is 0 Å². The molecular formula is C58H46BN3S. The van der Waals surface area contributed by atoms with E-state index in [1.807, 2.05) is 11.3 Å². The Bertz CT molecular complexity index is 3970. The molecule has 0 N–H and O–H groups in total. The highest BCUT2D eigenvalue weighted by Gasteiger charge is 2.45. The fourth-order valence-corrected chi connectivity index (χ4v) is 12.0. The van der Waals surface area contributed by atoms with Crippen molar-refractivity contribution >= 4 is 105 Å². The van der Waals surface area contributed by atoms with Crippen molar-refractivity contribution in [2.24, 2.45) is 0 Å². The van der Waals surface area contributed by atoms with Crippen LogP contribution in [0.4, 0.5) is 17.1 Å². The first-order valence-corrected chi connectivity index (χ1v) is 22.7. The molecule has 0 bridgehead atoms. The van der Waals surface area contributed by atoms with Crippen molar-refractivity contribution < 1.29 is 6.85 Å². The third-order valence-corrected chi connectivity index (χ3v) is 14.9. The van der Waals surface area contributed by atoms with E-state index in [9.17, 15) is 2.74 Å². The maximum Gasteiger partial charge on any atom is 0.264 e. The molecule has 0 aliphatic carbocycles. The van der Waals surface area contributed by atoms with E-state index < -0.39 is 6.04 Å². The van der Waals surface area contributed by atoms with Gasteiger partial charge in [0.2, 0.25) is 0 Å². The van der Waals surface area contributed by atoms with Crippen molar-refractivity contribution in [3.05, 3.63) is 181 Å². The van der Waals surface area contributed by atoms with Crippen molar-refractivity contribution in [2.75, 3.05) is 4.90 Å². The molecule has 0 atom stereocenters. The summed E-state index contributed by atoms with van der Waals surface area (Å²) < 4.78 is 52.3. The number of hydrogen-bond donors (Lipinski definition) is 0. The molecule has 3 nitrogen and oxygen atoms in total. The highest BCUT2D eigenvalue weighted by atomic mass is 32.1. The number of anilines is 3. The lowest BCUT2D eigenvalue weighted by atomic mass is 9.36. The number of fused-ring (bicyclic) bond motifs is 13. The first-order chi connectivity index (χ1) is 32.6. The maximum absolute atomic E-state index is 9.36. The summed E-state index contributed by atoms with van der Waals surface area (Å²) >= 11 is 1.86. The van der Waals surface area contributed by atoms with Crippen LogP contribution < -0.4 is 20.6 Å². The summed E-state index contributed by atoms with van der Waals surface area (Å²) in [4.78, 5) is 2.41. The summed E-state index contributed by atoms with van der Waals surface area (Å²) in [7, 11) is 0. The zero-order chi connectivity index (χ0) is 46.9. The smallest absolute Gasteiger partial charge is 0.264 e. The standard InChI is InChI=1S/C58H46BN3S/c1-57(2,3)37-25-28-40(29-26-37)61-48-31-36(35-17-9-7-10-18-35)32-49-52(48)59(56-54(61)44-33-38(58(4,5)6)27-30-50(44)63-56)45-34-43-41-21-13-15-23-46(41)60(39-19-11-8-12-20-39)53(43)51-42-22-14-16-24-47(42)62(49)55(45)51/h7-34H,1-6H3/i7D,9D,10D,17D,18D. The fourth-order valence-electron chi connectivity index (χ4n) is 10.7. The quantitative estimate of drug-likeness (QED) is 0.162. The lowest BCUT2D eigenvalue weighted by molar-refractivity contribution is 0.590. The topological polar surface area (TPSA) is 13.1 Å². The monoisotopic (exact) mass is 832 g/mol. The molecular weight excluding hydrogens is 782 g/mol. The number of thiophene rings is 1.